The minimum absolute atomic E-state index is 0.0957. The van der Waals surface area contributed by atoms with Gasteiger partial charge in [0.05, 0.1) is 17.6 Å². The fourth-order valence-electron chi connectivity index (χ4n) is 5.20. The maximum atomic E-state index is 12.9. The predicted molar refractivity (Wildman–Crippen MR) is 189 cm³/mol. The standard InChI is InChI=1S/C20H14Cl2O4.C14H10N2O2.C2H2Cl2O/c21-9-13(23)5-11-1-3-15-17(7-11)20(26)18-8-12(6-14(24)10-22)2-4-16(18)19(15)25;15-7-1-3-9-11(5-7)14(18)12-6-8(16)2-4-10(12)13(9)17;3-1-2(4)5/h1-4,7-8H,5-6,9-10H2;1-6H,15-16H2;1H2. The molecule has 0 unspecified atom stereocenters. The molecule has 4 N–H and O–H groups in total. The van der Waals surface area contributed by atoms with Crippen LogP contribution in [0.4, 0.5) is 11.4 Å². The highest BCUT2D eigenvalue weighted by molar-refractivity contribution is 6.67. The molecule has 0 spiro atoms. The molecule has 4 aromatic carbocycles. The molecule has 49 heavy (non-hydrogen) atoms. The van der Waals surface area contributed by atoms with Gasteiger partial charge in [-0.15, -0.1) is 34.8 Å². The van der Waals surface area contributed by atoms with Crippen molar-refractivity contribution < 1.29 is 33.6 Å². The summed E-state index contributed by atoms with van der Waals surface area (Å²) in [6, 6.07) is 19.1. The van der Waals surface area contributed by atoms with Gasteiger partial charge in [0.25, 0.3) is 0 Å². The summed E-state index contributed by atoms with van der Waals surface area (Å²) in [4.78, 5) is 82.7. The third-order valence-electron chi connectivity index (χ3n) is 7.42. The minimum atomic E-state index is -0.508. The van der Waals surface area contributed by atoms with Crippen molar-refractivity contribution in [3.63, 3.8) is 0 Å². The summed E-state index contributed by atoms with van der Waals surface area (Å²) in [5.41, 5.74) is 16.1. The molecule has 0 saturated heterocycles. The molecule has 13 heteroatoms. The second-order valence-electron chi connectivity index (χ2n) is 10.9. The molecule has 2 aliphatic carbocycles. The molecular weight excluding hydrogens is 714 g/mol. The maximum absolute atomic E-state index is 12.9. The average molecular weight is 740 g/mol. The van der Waals surface area contributed by atoms with Gasteiger partial charge in [0.2, 0.25) is 5.24 Å². The Labute approximate surface area is 300 Å². The van der Waals surface area contributed by atoms with Gasteiger partial charge >= 0.3 is 0 Å². The summed E-state index contributed by atoms with van der Waals surface area (Å²) in [5, 5.41) is -0.508. The number of anilines is 2. The van der Waals surface area contributed by atoms with Gasteiger partial charge < -0.3 is 11.5 Å². The van der Waals surface area contributed by atoms with Gasteiger partial charge in [0, 0.05) is 68.7 Å². The van der Waals surface area contributed by atoms with Gasteiger partial charge in [-0.2, -0.15) is 0 Å². The third-order valence-corrected chi connectivity index (χ3v) is 8.53. The Morgan fingerprint density at radius 2 is 0.735 bits per heavy atom. The lowest BCUT2D eigenvalue weighted by atomic mass is 9.82. The zero-order valence-corrected chi connectivity index (χ0v) is 28.5. The first-order valence-corrected chi connectivity index (χ1v) is 16.4. The fourth-order valence-corrected chi connectivity index (χ4v) is 5.39. The molecular formula is C36H26Cl4N2O7. The molecule has 9 nitrogen and oxygen atoms in total. The Kier molecular flexibility index (Phi) is 12.2. The zero-order valence-electron chi connectivity index (χ0n) is 25.5. The molecule has 4 aromatic rings. The first-order chi connectivity index (χ1) is 23.3. The lowest BCUT2D eigenvalue weighted by Gasteiger charge is -2.19. The molecule has 250 valence electrons. The number of rotatable bonds is 7. The molecule has 0 amide bonds. The molecule has 6 rings (SSSR count). The van der Waals surface area contributed by atoms with Gasteiger partial charge in [-0.3, -0.25) is 33.6 Å². The molecule has 0 saturated carbocycles. The van der Waals surface area contributed by atoms with Crippen LogP contribution in [0.5, 0.6) is 0 Å². The highest BCUT2D eigenvalue weighted by atomic mass is 35.5. The van der Waals surface area contributed by atoms with Crippen LogP contribution < -0.4 is 11.5 Å². The van der Waals surface area contributed by atoms with Crippen LogP contribution in [0, 0.1) is 0 Å². The zero-order chi connectivity index (χ0) is 36.0. The molecule has 2 aliphatic rings. The molecule has 0 atom stereocenters. The SMILES string of the molecule is Nc1ccc2c(c1)C(=O)c1cc(N)ccc1C2=O.O=C(CCl)Cc1ccc2c(c1)C(=O)c1cc(CC(=O)CCl)ccc1C2=O.O=C(Cl)CCl. The Morgan fingerprint density at radius 1 is 0.449 bits per heavy atom. The van der Waals surface area contributed by atoms with Crippen LogP contribution >= 0.6 is 46.4 Å². The number of fused-ring (bicyclic) bond motifs is 4. The Hall–Kier alpha value is -4.67. The Bertz CT molecular complexity index is 1930. The number of hydrogen-bond acceptors (Lipinski definition) is 9. The quantitative estimate of drug-likeness (QED) is 0.117. The third kappa shape index (κ3) is 8.50. The van der Waals surface area contributed by atoms with E-state index in [4.69, 9.17) is 57.9 Å². The average Bonchev–Trinajstić information content (AvgIpc) is 3.09. The fraction of sp³-hybridized carbons (Fsp3) is 0.139. The van der Waals surface area contributed by atoms with Crippen molar-refractivity contribution in [2.24, 2.45) is 0 Å². The van der Waals surface area contributed by atoms with Crippen molar-refractivity contribution in [2.45, 2.75) is 12.8 Å². The predicted octanol–water partition coefficient (Wildman–Crippen LogP) is 5.78. The van der Waals surface area contributed by atoms with E-state index in [-0.39, 0.29) is 76.3 Å². The highest BCUT2D eigenvalue weighted by Gasteiger charge is 2.31. The number of halogens is 4. The summed E-state index contributed by atoms with van der Waals surface area (Å²) in [6.45, 7) is 0. The summed E-state index contributed by atoms with van der Waals surface area (Å²) >= 11 is 20.6. The second kappa shape index (κ2) is 16.2. The van der Waals surface area contributed by atoms with Crippen LogP contribution in [-0.4, -0.2) is 57.6 Å². The molecule has 0 radical (unpaired) electrons. The minimum Gasteiger partial charge on any atom is -0.399 e. The summed E-state index contributed by atoms with van der Waals surface area (Å²) in [7, 11) is 0. The van der Waals surface area contributed by atoms with Crippen LogP contribution in [0.25, 0.3) is 0 Å². The Morgan fingerprint density at radius 3 is 1.04 bits per heavy atom. The topological polar surface area (TPSA) is 172 Å². The van der Waals surface area contributed by atoms with E-state index in [0.717, 1.165) is 0 Å². The van der Waals surface area contributed by atoms with Crippen LogP contribution in [0.2, 0.25) is 0 Å². The van der Waals surface area contributed by atoms with E-state index in [9.17, 15) is 33.6 Å². The number of Topliss-reactive ketones (excluding diaryl/α,β-unsaturated/α-hetero) is 2. The summed E-state index contributed by atoms with van der Waals surface area (Å²) in [5.74, 6) is -1.56. The first-order valence-electron chi connectivity index (χ1n) is 14.4. The lowest BCUT2D eigenvalue weighted by Crippen LogP contribution is -2.22. The summed E-state index contributed by atoms with van der Waals surface area (Å²) in [6.07, 6.45) is 0.213. The van der Waals surface area contributed by atoms with Crippen LogP contribution in [-0.2, 0) is 27.2 Å². The van der Waals surface area contributed by atoms with Crippen molar-refractivity contribution in [2.75, 3.05) is 29.1 Å². The monoisotopic (exact) mass is 738 g/mol. The number of carbonyl (C=O) groups excluding carboxylic acids is 7. The van der Waals surface area contributed by atoms with Gasteiger partial charge in [0.1, 0.15) is 0 Å². The smallest absolute Gasteiger partial charge is 0.236 e. The number of alkyl halides is 3. The second-order valence-corrected chi connectivity index (χ2v) is 12.1. The number of ketones is 6. The van der Waals surface area contributed by atoms with E-state index in [1.807, 2.05) is 0 Å². The van der Waals surface area contributed by atoms with E-state index >= 15 is 0 Å². The molecule has 0 heterocycles. The molecule has 0 bridgehead atoms. The number of nitrogens with two attached hydrogens (primary N) is 2. The van der Waals surface area contributed by atoms with Crippen LogP contribution in [0.3, 0.4) is 0 Å². The van der Waals surface area contributed by atoms with E-state index in [0.29, 0.717) is 55.9 Å². The number of nitrogen functional groups attached to an aromatic ring is 2. The van der Waals surface area contributed by atoms with E-state index in [2.05, 4.69) is 0 Å². The molecule has 0 aliphatic heterocycles. The van der Waals surface area contributed by atoms with Gasteiger partial charge in [-0.25, -0.2) is 0 Å². The largest absolute Gasteiger partial charge is 0.399 e. The number of carbonyl (C=O) groups is 7. The maximum Gasteiger partial charge on any atom is 0.236 e. The van der Waals surface area contributed by atoms with Gasteiger partial charge in [0.15, 0.2) is 34.7 Å². The van der Waals surface area contributed by atoms with Crippen molar-refractivity contribution in [1.29, 1.82) is 0 Å². The normalized spacial score (nSPS) is 12.2. The van der Waals surface area contributed by atoms with Crippen LogP contribution in [0.15, 0.2) is 72.8 Å². The van der Waals surface area contributed by atoms with Gasteiger partial charge in [-0.05, 0) is 71.3 Å². The van der Waals surface area contributed by atoms with Crippen LogP contribution in [0.1, 0.15) is 74.8 Å². The van der Waals surface area contributed by atoms with Gasteiger partial charge in [-0.1, -0.05) is 24.3 Å². The number of benzene rings is 4. The summed E-state index contributed by atoms with van der Waals surface area (Å²) < 4.78 is 0. The van der Waals surface area contributed by atoms with Crippen molar-refractivity contribution in [3.05, 3.63) is 128 Å². The van der Waals surface area contributed by atoms with E-state index < -0.39 is 5.24 Å². The Balaban J connectivity index is 0.000000203. The van der Waals surface area contributed by atoms with Crippen molar-refractivity contribution in [3.8, 4) is 0 Å². The van der Waals surface area contributed by atoms with E-state index in [1.54, 1.807) is 60.7 Å². The van der Waals surface area contributed by atoms with E-state index in [1.165, 1.54) is 12.1 Å². The first kappa shape index (κ1) is 37.2. The van der Waals surface area contributed by atoms with Crippen molar-refractivity contribution in [1.82, 2.24) is 0 Å². The number of hydrogen-bond donors (Lipinski definition) is 2. The van der Waals surface area contributed by atoms with Crippen molar-refractivity contribution >= 4 is 97.7 Å². The lowest BCUT2D eigenvalue weighted by molar-refractivity contribution is -0.116. The molecule has 0 aromatic heterocycles. The molecule has 0 fully saturated rings. The highest BCUT2D eigenvalue weighted by Crippen LogP contribution is 2.31.